The highest BCUT2D eigenvalue weighted by molar-refractivity contribution is 9.10. The van der Waals surface area contributed by atoms with Crippen molar-refractivity contribution in [3.8, 4) is 0 Å². The molecule has 6 nitrogen and oxygen atoms in total. The Morgan fingerprint density at radius 1 is 1.50 bits per heavy atom. The number of carbonyl (C=O) groups is 1. The molecule has 2 aromatic rings. The summed E-state index contributed by atoms with van der Waals surface area (Å²) in [7, 11) is 0. The van der Waals surface area contributed by atoms with Gasteiger partial charge < -0.3 is 11.1 Å². The van der Waals surface area contributed by atoms with Crippen LogP contribution >= 0.6 is 15.9 Å². The van der Waals surface area contributed by atoms with Gasteiger partial charge in [0.2, 0.25) is 5.91 Å². The lowest BCUT2D eigenvalue weighted by atomic mass is 10.3. The topological polar surface area (TPSA) is 90.0 Å². The molecule has 1 amide bonds. The van der Waals surface area contributed by atoms with Gasteiger partial charge in [0.15, 0.2) is 0 Å². The second-order valence-electron chi connectivity index (χ2n) is 4.25. The number of hydrogen-bond donors (Lipinski definition) is 2. The number of amides is 1. The maximum Gasteiger partial charge on any atom is 0.268 e. The summed E-state index contributed by atoms with van der Waals surface area (Å²) < 4.78 is 1.59. The molecule has 1 aromatic heterocycles. The molecule has 1 aromatic carbocycles. The lowest BCUT2D eigenvalue weighted by Gasteiger charge is -2.08. The highest BCUT2D eigenvalue weighted by atomic mass is 79.9. The largest absolute Gasteiger partial charge is 0.399 e. The molecule has 20 heavy (non-hydrogen) atoms. The van der Waals surface area contributed by atoms with E-state index in [0.29, 0.717) is 21.5 Å². The lowest BCUT2D eigenvalue weighted by molar-refractivity contribution is -0.116. The number of aryl methyl sites for hydroxylation is 1. The summed E-state index contributed by atoms with van der Waals surface area (Å²) in [5.74, 6) is -0.324. The zero-order chi connectivity index (χ0) is 14.7. The van der Waals surface area contributed by atoms with Crippen LogP contribution in [0.15, 0.2) is 39.9 Å². The highest BCUT2D eigenvalue weighted by Gasteiger charge is 2.09. The first-order valence-electron chi connectivity index (χ1n) is 5.84. The van der Waals surface area contributed by atoms with Crippen LogP contribution in [0.5, 0.6) is 0 Å². The number of anilines is 2. The van der Waals surface area contributed by atoms with Gasteiger partial charge in [-0.1, -0.05) is 6.07 Å². The number of nitrogens with zero attached hydrogens (tertiary/aromatic N) is 2. The average molecular weight is 337 g/mol. The summed E-state index contributed by atoms with van der Waals surface area (Å²) in [5.41, 5.74) is 7.06. The Hall–Kier alpha value is -2.15. The molecule has 0 aliphatic rings. The Morgan fingerprint density at radius 2 is 2.25 bits per heavy atom. The molecule has 0 unspecified atom stereocenters. The molecule has 0 spiro atoms. The first kappa shape index (κ1) is 14.3. The summed E-state index contributed by atoms with van der Waals surface area (Å²) in [6, 6.07) is 6.83. The van der Waals surface area contributed by atoms with Gasteiger partial charge in [0.25, 0.3) is 5.56 Å². The number of halogens is 1. The number of carbonyl (C=O) groups excluding carboxylic acids is 1. The SMILES string of the molecule is Cc1ncn(CC(=O)Nc2cccc(N)c2)c(=O)c1Br. The van der Waals surface area contributed by atoms with Crippen LogP contribution in [0.2, 0.25) is 0 Å². The van der Waals surface area contributed by atoms with E-state index in [1.165, 1.54) is 10.9 Å². The van der Waals surface area contributed by atoms with Gasteiger partial charge in [-0.15, -0.1) is 0 Å². The molecule has 104 valence electrons. The molecule has 0 aliphatic carbocycles. The smallest absolute Gasteiger partial charge is 0.268 e. The number of benzene rings is 1. The van der Waals surface area contributed by atoms with Crippen LogP contribution in [-0.4, -0.2) is 15.5 Å². The van der Waals surface area contributed by atoms with Gasteiger partial charge in [-0.3, -0.25) is 14.2 Å². The van der Waals surface area contributed by atoms with Crippen molar-refractivity contribution in [3.63, 3.8) is 0 Å². The van der Waals surface area contributed by atoms with Crippen molar-refractivity contribution in [3.05, 3.63) is 51.1 Å². The van der Waals surface area contributed by atoms with Gasteiger partial charge in [-0.25, -0.2) is 4.98 Å². The summed E-state index contributed by atoms with van der Waals surface area (Å²) >= 11 is 3.15. The standard InChI is InChI=1S/C13H13BrN4O2/c1-8-12(14)13(20)18(7-16-8)6-11(19)17-10-4-2-3-9(15)5-10/h2-5,7H,6,15H2,1H3,(H,17,19). The Labute approximate surface area is 123 Å². The van der Waals surface area contributed by atoms with Gasteiger partial charge in [-0.2, -0.15) is 0 Å². The van der Waals surface area contributed by atoms with E-state index in [9.17, 15) is 9.59 Å². The molecule has 0 radical (unpaired) electrons. The molecule has 1 heterocycles. The predicted octanol–water partition coefficient (Wildman–Crippen LogP) is 1.54. The van der Waals surface area contributed by atoms with Crippen molar-refractivity contribution in [1.82, 2.24) is 9.55 Å². The van der Waals surface area contributed by atoms with E-state index in [4.69, 9.17) is 5.73 Å². The first-order valence-corrected chi connectivity index (χ1v) is 6.63. The van der Waals surface area contributed by atoms with Gasteiger partial charge in [0, 0.05) is 11.4 Å². The van der Waals surface area contributed by atoms with E-state index >= 15 is 0 Å². The van der Waals surface area contributed by atoms with Crippen LogP contribution in [0.1, 0.15) is 5.69 Å². The van der Waals surface area contributed by atoms with Crippen LogP contribution in [0, 0.1) is 6.92 Å². The van der Waals surface area contributed by atoms with Crippen LogP contribution in [-0.2, 0) is 11.3 Å². The van der Waals surface area contributed by atoms with Crippen LogP contribution < -0.4 is 16.6 Å². The summed E-state index contributed by atoms with van der Waals surface area (Å²) in [6.07, 6.45) is 1.35. The maximum absolute atomic E-state index is 11.9. The number of nitrogen functional groups attached to an aromatic ring is 1. The fourth-order valence-electron chi connectivity index (χ4n) is 1.63. The monoisotopic (exact) mass is 336 g/mol. The lowest BCUT2D eigenvalue weighted by Crippen LogP contribution is -2.28. The molecule has 0 fully saturated rings. The molecule has 0 atom stereocenters. The molecular weight excluding hydrogens is 324 g/mol. The van der Waals surface area contributed by atoms with Gasteiger partial charge in [0.1, 0.15) is 11.0 Å². The molecule has 7 heteroatoms. The Morgan fingerprint density at radius 3 is 2.95 bits per heavy atom. The van der Waals surface area contributed by atoms with Crippen LogP contribution in [0.3, 0.4) is 0 Å². The normalized spacial score (nSPS) is 10.3. The van der Waals surface area contributed by atoms with E-state index in [2.05, 4.69) is 26.2 Å². The van der Waals surface area contributed by atoms with E-state index in [1.807, 2.05) is 0 Å². The van der Waals surface area contributed by atoms with E-state index < -0.39 is 0 Å². The third kappa shape index (κ3) is 3.24. The zero-order valence-electron chi connectivity index (χ0n) is 10.8. The van der Waals surface area contributed by atoms with Crippen LogP contribution in [0.4, 0.5) is 11.4 Å². The second kappa shape index (κ2) is 5.87. The molecule has 0 bridgehead atoms. The van der Waals surface area contributed by atoms with Crippen molar-refractivity contribution >= 4 is 33.2 Å². The Bertz CT molecular complexity index is 712. The average Bonchev–Trinajstić information content (AvgIpc) is 2.39. The number of hydrogen-bond acceptors (Lipinski definition) is 4. The number of aromatic nitrogens is 2. The number of rotatable bonds is 3. The van der Waals surface area contributed by atoms with E-state index in [-0.39, 0.29) is 18.0 Å². The summed E-state index contributed by atoms with van der Waals surface area (Å²) in [5, 5.41) is 2.67. The Kier molecular flexibility index (Phi) is 4.19. The number of nitrogens with two attached hydrogens (primary N) is 1. The summed E-state index contributed by atoms with van der Waals surface area (Å²) in [6.45, 7) is 1.60. The van der Waals surface area contributed by atoms with Crippen molar-refractivity contribution < 1.29 is 4.79 Å². The minimum absolute atomic E-state index is 0.112. The quantitative estimate of drug-likeness (QED) is 0.832. The minimum atomic E-state index is -0.324. The van der Waals surface area contributed by atoms with Gasteiger partial charge in [-0.05, 0) is 41.1 Å². The molecule has 2 rings (SSSR count). The fraction of sp³-hybridized carbons (Fsp3) is 0.154. The molecule has 0 saturated heterocycles. The Balaban J connectivity index is 2.13. The van der Waals surface area contributed by atoms with E-state index in [0.717, 1.165) is 0 Å². The zero-order valence-corrected chi connectivity index (χ0v) is 12.3. The molecule has 0 saturated carbocycles. The van der Waals surface area contributed by atoms with Crippen LogP contribution in [0.25, 0.3) is 0 Å². The first-order chi connectivity index (χ1) is 9.47. The van der Waals surface area contributed by atoms with Crippen molar-refractivity contribution in [2.24, 2.45) is 0 Å². The third-order valence-corrected chi connectivity index (χ3v) is 3.55. The van der Waals surface area contributed by atoms with Crippen molar-refractivity contribution in [1.29, 1.82) is 0 Å². The minimum Gasteiger partial charge on any atom is -0.399 e. The van der Waals surface area contributed by atoms with E-state index in [1.54, 1.807) is 31.2 Å². The number of nitrogens with one attached hydrogen (secondary N) is 1. The van der Waals surface area contributed by atoms with Gasteiger partial charge >= 0.3 is 0 Å². The molecule has 0 aliphatic heterocycles. The van der Waals surface area contributed by atoms with Crippen molar-refractivity contribution in [2.75, 3.05) is 11.1 Å². The third-order valence-electron chi connectivity index (χ3n) is 2.64. The molecular formula is C13H13BrN4O2. The van der Waals surface area contributed by atoms with Gasteiger partial charge in [0.05, 0.1) is 12.0 Å². The maximum atomic E-state index is 11.9. The van der Waals surface area contributed by atoms with Crippen molar-refractivity contribution in [2.45, 2.75) is 13.5 Å². The highest BCUT2D eigenvalue weighted by Crippen LogP contribution is 2.11. The fourth-order valence-corrected chi connectivity index (χ4v) is 1.96. The summed E-state index contributed by atoms with van der Waals surface area (Å²) in [4.78, 5) is 27.8. The predicted molar refractivity (Wildman–Crippen MR) is 80.4 cm³/mol. The molecule has 3 N–H and O–H groups in total. The second-order valence-corrected chi connectivity index (χ2v) is 5.04.